The fraction of sp³-hybridized carbons (Fsp3) is 0.429. The molecule has 0 saturated carbocycles. The van der Waals surface area contributed by atoms with Gasteiger partial charge in [0.05, 0.1) is 31.5 Å². The van der Waals surface area contributed by atoms with Crippen molar-refractivity contribution in [3.05, 3.63) is 64.2 Å². The molecule has 1 fully saturated rings. The van der Waals surface area contributed by atoms with E-state index in [-0.39, 0.29) is 18.8 Å². The Bertz CT molecular complexity index is 716. The maximum absolute atomic E-state index is 10.0. The Balaban J connectivity index is 1.77. The monoisotopic (exact) mass is 376 g/mol. The minimum Gasteiger partial charge on any atom is -0.494 e. The Hall–Kier alpha value is -1.59. The summed E-state index contributed by atoms with van der Waals surface area (Å²) in [5.41, 5.74) is 3.13. The van der Waals surface area contributed by atoms with Gasteiger partial charge in [0, 0.05) is 17.9 Å². The van der Waals surface area contributed by atoms with Gasteiger partial charge in [-0.1, -0.05) is 35.9 Å². The van der Waals surface area contributed by atoms with Crippen molar-refractivity contribution in [2.75, 3.05) is 13.2 Å². The van der Waals surface area contributed by atoms with Gasteiger partial charge >= 0.3 is 0 Å². The van der Waals surface area contributed by atoms with Gasteiger partial charge < -0.3 is 19.7 Å². The van der Waals surface area contributed by atoms with Crippen LogP contribution in [0.5, 0.6) is 5.75 Å². The zero-order valence-corrected chi connectivity index (χ0v) is 15.7. The van der Waals surface area contributed by atoms with E-state index in [1.165, 1.54) is 0 Å². The first-order valence-corrected chi connectivity index (χ1v) is 9.41. The Morgan fingerprint density at radius 1 is 1.15 bits per heavy atom. The Kier molecular flexibility index (Phi) is 6.54. The van der Waals surface area contributed by atoms with Gasteiger partial charge in [0.15, 0.2) is 0 Å². The van der Waals surface area contributed by atoms with Crippen LogP contribution in [0.2, 0.25) is 5.02 Å². The third-order valence-corrected chi connectivity index (χ3v) is 5.02. The highest BCUT2D eigenvalue weighted by atomic mass is 35.5. The van der Waals surface area contributed by atoms with Crippen LogP contribution in [0, 0.1) is 0 Å². The number of hydrogen-bond donors (Lipinski definition) is 2. The summed E-state index contributed by atoms with van der Waals surface area (Å²) in [4.78, 5) is 0. The summed E-state index contributed by atoms with van der Waals surface area (Å²) < 4.78 is 11.4. The van der Waals surface area contributed by atoms with Crippen molar-refractivity contribution in [3.8, 4) is 5.75 Å². The van der Waals surface area contributed by atoms with Crippen LogP contribution in [0.1, 0.15) is 42.6 Å². The summed E-state index contributed by atoms with van der Waals surface area (Å²) in [7, 11) is 0. The molecular formula is C21H25ClO4. The van der Waals surface area contributed by atoms with Crippen LogP contribution in [-0.4, -0.2) is 35.6 Å². The van der Waals surface area contributed by atoms with Crippen LogP contribution in [-0.2, 0) is 11.2 Å². The SMILES string of the molecule is CCOc1ccc(Cc2cc([C@@H]3C[C@@H](O)C[C@@H](CO)O3)ccc2Cl)cc1. The summed E-state index contributed by atoms with van der Waals surface area (Å²) in [6.07, 6.45) is 0.690. The molecule has 0 bridgehead atoms. The third-order valence-electron chi connectivity index (χ3n) is 4.65. The molecule has 5 heteroatoms. The lowest BCUT2D eigenvalue weighted by molar-refractivity contribution is -0.113. The summed E-state index contributed by atoms with van der Waals surface area (Å²) in [5, 5.41) is 20.1. The highest BCUT2D eigenvalue weighted by Crippen LogP contribution is 2.33. The number of aliphatic hydroxyl groups excluding tert-OH is 2. The molecule has 0 radical (unpaired) electrons. The Morgan fingerprint density at radius 3 is 2.62 bits per heavy atom. The summed E-state index contributed by atoms with van der Waals surface area (Å²) in [5.74, 6) is 0.857. The van der Waals surface area contributed by atoms with Gasteiger partial charge in [0.25, 0.3) is 0 Å². The van der Waals surface area contributed by atoms with Crippen LogP contribution in [0.4, 0.5) is 0 Å². The standard InChI is InChI=1S/C21H25ClO4/c1-2-25-18-6-3-14(4-7-18)9-16-10-15(5-8-20(16)22)21-12-17(24)11-19(13-23)26-21/h3-8,10,17,19,21,23-24H,2,9,11-13H2,1H3/t17-,19-,21-/m0/s1. The largest absolute Gasteiger partial charge is 0.494 e. The van der Waals surface area contributed by atoms with E-state index >= 15 is 0 Å². The van der Waals surface area contributed by atoms with E-state index < -0.39 is 6.10 Å². The molecule has 0 aromatic heterocycles. The number of aliphatic hydroxyl groups is 2. The van der Waals surface area contributed by atoms with Gasteiger partial charge in [-0.2, -0.15) is 0 Å². The molecule has 26 heavy (non-hydrogen) atoms. The average molecular weight is 377 g/mol. The molecule has 0 amide bonds. The lowest BCUT2D eigenvalue weighted by Gasteiger charge is -2.32. The summed E-state index contributed by atoms with van der Waals surface area (Å²) >= 11 is 6.40. The first kappa shape index (κ1) is 19.2. The summed E-state index contributed by atoms with van der Waals surface area (Å²) in [6, 6.07) is 13.8. The van der Waals surface area contributed by atoms with Crippen molar-refractivity contribution in [1.29, 1.82) is 0 Å². The predicted octanol–water partition coefficient (Wildman–Crippen LogP) is 3.90. The van der Waals surface area contributed by atoms with Gasteiger partial charge in [-0.05, 0) is 48.2 Å². The smallest absolute Gasteiger partial charge is 0.119 e. The van der Waals surface area contributed by atoms with E-state index in [0.717, 1.165) is 22.4 Å². The Labute approximate surface area is 159 Å². The van der Waals surface area contributed by atoms with Gasteiger partial charge in [-0.3, -0.25) is 0 Å². The van der Waals surface area contributed by atoms with Crippen molar-refractivity contribution in [3.63, 3.8) is 0 Å². The van der Waals surface area contributed by atoms with Crippen LogP contribution in [0.3, 0.4) is 0 Å². The van der Waals surface area contributed by atoms with Crippen molar-refractivity contribution in [2.45, 2.75) is 44.5 Å². The first-order valence-electron chi connectivity index (χ1n) is 9.03. The molecule has 0 spiro atoms. The zero-order chi connectivity index (χ0) is 18.5. The lowest BCUT2D eigenvalue weighted by Crippen LogP contribution is -2.33. The molecule has 1 aliphatic heterocycles. The maximum atomic E-state index is 10.0. The molecule has 0 aliphatic carbocycles. The van der Waals surface area contributed by atoms with Crippen LogP contribution in [0.15, 0.2) is 42.5 Å². The molecule has 1 saturated heterocycles. The molecule has 2 aromatic carbocycles. The van der Waals surface area contributed by atoms with Gasteiger partial charge in [0.1, 0.15) is 5.75 Å². The van der Waals surface area contributed by atoms with Gasteiger partial charge in [-0.15, -0.1) is 0 Å². The van der Waals surface area contributed by atoms with Crippen LogP contribution >= 0.6 is 11.6 Å². The molecular weight excluding hydrogens is 352 g/mol. The quantitative estimate of drug-likeness (QED) is 0.802. The van der Waals surface area contributed by atoms with E-state index in [1.807, 2.05) is 49.4 Å². The highest BCUT2D eigenvalue weighted by Gasteiger charge is 2.29. The fourth-order valence-corrected chi connectivity index (χ4v) is 3.53. The topological polar surface area (TPSA) is 58.9 Å². The second-order valence-corrected chi connectivity index (χ2v) is 7.07. The van der Waals surface area contributed by atoms with E-state index in [0.29, 0.717) is 30.9 Å². The maximum Gasteiger partial charge on any atom is 0.119 e. The molecule has 1 heterocycles. The molecule has 140 valence electrons. The predicted molar refractivity (Wildman–Crippen MR) is 102 cm³/mol. The lowest BCUT2D eigenvalue weighted by atomic mass is 9.94. The first-order chi connectivity index (χ1) is 12.6. The molecule has 0 unspecified atom stereocenters. The normalized spacial score (nSPS) is 23.0. The number of benzene rings is 2. The second-order valence-electron chi connectivity index (χ2n) is 6.66. The van der Waals surface area contributed by atoms with Crippen LogP contribution < -0.4 is 4.74 Å². The molecule has 1 aliphatic rings. The van der Waals surface area contributed by atoms with Crippen molar-refractivity contribution >= 4 is 11.6 Å². The van der Waals surface area contributed by atoms with Gasteiger partial charge in [-0.25, -0.2) is 0 Å². The average Bonchev–Trinajstić information content (AvgIpc) is 2.64. The number of halogens is 1. The van der Waals surface area contributed by atoms with Crippen molar-refractivity contribution in [1.82, 2.24) is 0 Å². The molecule has 3 atom stereocenters. The van der Waals surface area contributed by atoms with E-state index in [9.17, 15) is 10.2 Å². The molecule has 2 N–H and O–H groups in total. The Morgan fingerprint density at radius 2 is 1.92 bits per heavy atom. The van der Waals surface area contributed by atoms with Gasteiger partial charge in [0.2, 0.25) is 0 Å². The van der Waals surface area contributed by atoms with E-state index in [2.05, 4.69) is 0 Å². The van der Waals surface area contributed by atoms with Crippen molar-refractivity contribution < 1.29 is 19.7 Å². The highest BCUT2D eigenvalue weighted by molar-refractivity contribution is 6.31. The number of hydrogen-bond acceptors (Lipinski definition) is 4. The van der Waals surface area contributed by atoms with E-state index in [1.54, 1.807) is 0 Å². The number of ether oxygens (including phenoxy) is 2. The third kappa shape index (κ3) is 4.77. The summed E-state index contributed by atoms with van der Waals surface area (Å²) in [6.45, 7) is 2.53. The minimum absolute atomic E-state index is 0.0831. The minimum atomic E-state index is -0.462. The van der Waals surface area contributed by atoms with Crippen LogP contribution in [0.25, 0.3) is 0 Å². The van der Waals surface area contributed by atoms with Crippen molar-refractivity contribution in [2.24, 2.45) is 0 Å². The molecule has 4 nitrogen and oxygen atoms in total. The second kappa shape index (κ2) is 8.87. The number of rotatable bonds is 6. The molecule has 3 rings (SSSR count). The zero-order valence-electron chi connectivity index (χ0n) is 14.9. The van der Waals surface area contributed by atoms with E-state index in [4.69, 9.17) is 21.1 Å². The fourth-order valence-electron chi connectivity index (χ4n) is 3.34. The molecule has 2 aromatic rings.